The van der Waals surface area contributed by atoms with Crippen LogP contribution in [0.2, 0.25) is 0 Å². The van der Waals surface area contributed by atoms with E-state index in [2.05, 4.69) is 10.00 Å². The Bertz CT molecular complexity index is 970. The van der Waals surface area contributed by atoms with Crippen LogP contribution in [-0.4, -0.2) is 70.5 Å². The average molecular weight is 447 g/mol. The molecule has 0 saturated carbocycles. The highest BCUT2D eigenvalue weighted by Crippen LogP contribution is 2.34. The van der Waals surface area contributed by atoms with Crippen LogP contribution in [0.25, 0.3) is 0 Å². The molecule has 0 unspecified atom stereocenters. The number of ether oxygens (including phenoxy) is 2. The number of morpholine rings is 1. The van der Waals surface area contributed by atoms with E-state index >= 15 is 0 Å². The normalized spacial score (nSPS) is 26.3. The molecule has 4 heterocycles. The third-order valence-corrected chi connectivity index (χ3v) is 6.49. The van der Waals surface area contributed by atoms with Gasteiger partial charge >= 0.3 is 0 Å². The predicted octanol–water partition coefficient (Wildman–Crippen LogP) is 1.19. The maximum atomic E-state index is 14.2. The van der Waals surface area contributed by atoms with Gasteiger partial charge in [0.1, 0.15) is 24.3 Å². The summed E-state index contributed by atoms with van der Waals surface area (Å²) in [6.45, 7) is 4.35. The van der Waals surface area contributed by atoms with E-state index in [-0.39, 0.29) is 24.1 Å². The summed E-state index contributed by atoms with van der Waals surface area (Å²) in [5.74, 6) is -0.964. The van der Waals surface area contributed by atoms with Gasteiger partial charge in [-0.15, -0.1) is 0 Å². The summed E-state index contributed by atoms with van der Waals surface area (Å²) >= 11 is 0. The van der Waals surface area contributed by atoms with Crippen molar-refractivity contribution in [2.45, 2.75) is 44.2 Å². The number of rotatable bonds is 4. The molecule has 3 aliphatic heterocycles. The lowest BCUT2D eigenvalue weighted by atomic mass is 9.93. The van der Waals surface area contributed by atoms with Crippen LogP contribution in [-0.2, 0) is 33.9 Å². The minimum Gasteiger partial charge on any atom is -0.378 e. The molecule has 10 heteroatoms. The monoisotopic (exact) mass is 447 g/mol. The van der Waals surface area contributed by atoms with Crippen molar-refractivity contribution >= 4 is 5.91 Å². The lowest BCUT2D eigenvalue weighted by molar-refractivity contribution is -0.136. The summed E-state index contributed by atoms with van der Waals surface area (Å²) in [6, 6.07) is 2.98. The Kier molecular flexibility index (Phi) is 5.93. The highest BCUT2D eigenvalue weighted by Gasteiger charge is 2.37. The summed E-state index contributed by atoms with van der Waals surface area (Å²) in [5, 5.41) is 4.61. The summed E-state index contributed by atoms with van der Waals surface area (Å²) < 4.78 is 40.6. The maximum Gasteiger partial charge on any atom is 0.244 e. The van der Waals surface area contributed by atoms with Crippen LogP contribution >= 0.6 is 0 Å². The molecule has 8 nitrogen and oxygen atoms in total. The second kappa shape index (κ2) is 8.86. The van der Waals surface area contributed by atoms with Gasteiger partial charge in [-0.25, -0.2) is 8.78 Å². The third-order valence-electron chi connectivity index (χ3n) is 6.49. The van der Waals surface area contributed by atoms with Crippen molar-refractivity contribution in [3.8, 4) is 0 Å². The molecule has 172 valence electrons. The van der Waals surface area contributed by atoms with Crippen LogP contribution in [0.1, 0.15) is 29.3 Å². The molecule has 3 atom stereocenters. The fourth-order valence-corrected chi connectivity index (χ4v) is 4.78. The van der Waals surface area contributed by atoms with Crippen molar-refractivity contribution in [2.75, 3.05) is 32.9 Å². The zero-order valence-corrected chi connectivity index (χ0v) is 17.8. The first-order valence-electron chi connectivity index (χ1n) is 10.9. The molecular weight excluding hydrogens is 420 g/mol. The molecule has 32 heavy (non-hydrogen) atoms. The van der Waals surface area contributed by atoms with Crippen molar-refractivity contribution in [2.24, 2.45) is 5.73 Å². The van der Waals surface area contributed by atoms with E-state index in [0.29, 0.717) is 52.4 Å². The molecule has 5 rings (SSSR count). The lowest BCUT2D eigenvalue weighted by Crippen LogP contribution is -2.47. The minimum atomic E-state index is -0.665. The summed E-state index contributed by atoms with van der Waals surface area (Å²) in [7, 11) is 0. The second-order valence-electron chi connectivity index (χ2n) is 8.67. The molecule has 1 aromatic heterocycles. The van der Waals surface area contributed by atoms with Gasteiger partial charge in [-0.05, 0) is 24.6 Å². The fraction of sp³-hybridized carbons (Fsp3) is 0.545. The van der Waals surface area contributed by atoms with Gasteiger partial charge in [0, 0.05) is 55.6 Å². The van der Waals surface area contributed by atoms with Crippen LogP contribution in [0.4, 0.5) is 8.78 Å². The van der Waals surface area contributed by atoms with Gasteiger partial charge in [0.05, 0.1) is 25.5 Å². The van der Waals surface area contributed by atoms with Crippen LogP contribution in [0, 0.1) is 11.6 Å². The molecule has 2 N–H and O–H groups in total. The van der Waals surface area contributed by atoms with Crippen LogP contribution in [0.3, 0.4) is 0 Å². The van der Waals surface area contributed by atoms with E-state index in [0.717, 1.165) is 29.5 Å². The molecular formula is C22H27F2N5O3. The summed E-state index contributed by atoms with van der Waals surface area (Å²) in [5.41, 5.74) is 8.52. The molecule has 3 aliphatic rings. The highest BCUT2D eigenvalue weighted by molar-refractivity contribution is 5.76. The van der Waals surface area contributed by atoms with E-state index in [1.165, 1.54) is 0 Å². The van der Waals surface area contributed by atoms with Gasteiger partial charge in [0.2, 0.25) is 5.91 Å². The Hall–Kier alpha value is -2.40. The maximum absolute atomic E-state index is 14.2. The Labute approximate surface area is 184 Å². The predicted molar refractivity (Wildman–Crippen MR) is 110 cm³/mol. The number of fused-ring (bicyclic) bond motifs is 1. The Morgan fingerprint density at radius 2 is 2.03 bits per heavy atom. The molecule has 0 spiro atoms. The van der Waals surface area contributed by atoms with Crippen LogP contribution < -0.4 is 5.73 Å². The minimum absolute atomic E-state index is 0.0496. The molecule has 2 aromatic rings. The van der Waals surface area contributed by atoms with Gasteiger partial charge < -0.3 is 20.1 Å². The first-order chi connectivity index (χ1) is 15.5. The van der Waals surface area contributed by atoms with Crippen LogP contribution in [0.5, 0.6) is 0 Å². The van der Waals surface area contributed by atoms with Crippen LogP contribution in [0.15, 0.2) is 24.4 Å². The SMILES string of the molecule is N[C@H]1C[C@@H](N2Cc3cn(CC(=O)N4CCOCC4)nc3C2)CO[C@@H]1c1cc(F)ccc1F. The van der Waals surface area contributed by atoms with Gasteiger partial charge in [0.25, 0.3) is 0 Å². The molecule has 1 amide bonds. The quantitative estimate of drug-likeness (QED) is 0.758. The standard InChI is InChI=1S/C22H27F2N5O3/c23-15-1-2-18(24)17(7-15)22-19(25)8-16(13-32-22)28-9-14-10-29(26-20(14)11-28)12-21(30)27-3-5-31-6-4-27/h1-2,7,10,16,19,22H,3-6,8-9,11-13,25H2/t16-,19+,22-/m1/s1. The molecule has 2 fully saturated rings. The Morgan fingerprint density at radius 3 is 2.78 bits per heavy atom. The van der Waals surface area contributed by atoms with E-state index in [1.807, 2.05) is 6.20 Å². The topological polar surface area (TPSA) is 85.9 Å². The highest BCUT2D eigenvalue weighted by atomic mass is 19.1. The van der Waals surface area contributed by atoms with Gasteiger partial charge in [0.15, 0.2) is 0 Å². The molecule has 1 aromatic carbocycles. The number of carbonyl (C=O) groups is 1. The first kappa shape index (κ1) is 21.4. The van der Waals surface area contributed by atoms with Gasteiger partial charge in [-0.3, -0.25) is 14.4 Å². The number of benzene rings is 1. The third kappa shape index (κ3) is 4.27. The molecule has 0 bridgehead atoms. The Morgan fingerprint density at radius 1 is 1.22 bits per heavy atom. The Balaban J connectivity index is 1.18. The number of hydrogen-bond donors (Lipinski definition) is 1. The molecule has 2 saturated heterocycles. The fourth-order valence-electron chi connectivity index (χ4n) is 4.78. The van der Waals surface area contributed by atoms with Crippen molar-refractivity contribution in [3.05, 3.63) is 52.9 Å². The smallest absolute Gasteiger partial charge is 0.244 e. The number of halogens is 2. The summed E-state index contributed by atoms with van der Waals surface area (Å²) in [4.78, 5) is 16.5. The zero-order chi connectivity index (χ0) is 22.2. The van der Waals surface area contributed by atoms with E-state index in [9.17, 15) is 13.6 Å². The number of aromatic nitrogens is 2. The number of amides is 1. The second-order valence-corrected chi connectivity index (χ2v) is 8.67. The molecule has 0 radical (unpaired) electrons. The van der Waals surface area contributed by atoms with Gasteiger partial charge in [-0.2, -0.15) is 5.10 Å². The number of hydrogen-bond acceptors (Lipinski definition) is 6. The zero-order valence-electron chi connectivity index (χ0n) is 17.8. The number of nitrogens with zero attached hydrogens (tertiary/aromatic N) is 4. The number of carbonyl (C=O) groups excluding carboxylic acids is 1. The summed E-state index contributed by atoms with van der Waals surface area (Å²) in [6.07, 6.45) is 1.88. The van der Waals surface area contributed by atoms with Crippen molar-refractivity contribution in [3.63, 3.8) is 0 Å². The van der Waals surface area contributed by atoms with Gasteiger partial charge in [-0.1, -0.05) is 0 Å². The van der Waals surface area contributed by atoms with Crippen molar-refractivity contribution in [1.29, 1.82) is 0 Å². The van der Waals surface area contributed by atoms with Crippen molar-refractivity contribution in [1.82, 2.24) is 19.6 Å². The lowest BCUT2D eigenvalue weighted by Gasteiger charge is -2.38. The van der Waals surface area contributed by atoms with Crippen molar-refractivity contribution < 1.29 is 23.0 Å². The number of nitrogens with two attached hydrogens (primary N) is 1. The molecule has 0 aliphatic carbocycles. The largest absolute Gasteiger partial charge is 0.378 e. The van der Waals surface area contributed by atoms with E-state index < -0.39 is 23.8 Å². The average Bonchev–Trinajstić information content (AvgIpc) is 3.35. The van der Waals surface area contributed by atoms with E-state index in [1.54, 1.807) is 9.58 Å². The van der Waals surface area contributed by atoms with E-state index in [4.69, 9.17) is 15.2 Å². The first-order valence-corrected chi connectivity index (χ1v) is 10.9.